The number of halogens is 3. The Labute approximate surface area is 108 Å². The zero-order valence-electron chi connectivity index (χ0n) is 7.99. The van der Waals surface area contributed by atoms with Gasteiger partial charge in [-0.25, -0.2) is 9.07 Å². The van der Waals surface area contributed by atoms with Crippen LogP contribution in [0.25, 0.3) is 0 Å². The summed E-state index contributed by atoms with van der Waals surface area (Å²) in [5.74, 6) is -0.139. The molecule has 1 aromatic carbocycles. The molecule has 0 unspecified atom stereocenters. The first kappa shape index (κ1) is 11.5. The van der Waals surface area contributed by atoms with E-state index in [2.05, 4.69) is 41.9 Å². The number of hydrogen-bond acceptors (Lipinski definition) is 3. The van der Waals surface area contributed by atoms with E-state index in [0.29, 0.717) is 14.8 Å². The van der Waals surface area contributed by atoms with E-state index in [4.69, 9.17) is 5.73 Å². The van der Waals surface area contributed by atoms with Crippen LogP contribution >= 0.6 is 31.9 Å². The number of hydrogen-bond donors (Lipinski definition) is 1. The lowest BCUT2D eigenvalue weighted by atomic mass is 10.2. The topological polar surface area (TPSA) is 56.7 Å². The fourth-order valence-corrected chi connectivity index (χ4v) is 1.97. The summed E-state index contributed by atoms with van der Waals surface area (Å²) in [6.45, 7) is 0.282. The summed E-state index contributed by atoms with van der Waals surface area (Å²) >= 11 is 6.39. The van der Waals surface area contributed by atoms with Crippen LogP contribution in [-0.2, 0) is 6.54 Å². The van der Waals surface area contributed by atoms with E-state index in [0.717, 1.165) is 0 Å². The SMILES string of the molecule is Nc1nc(Br)n(Cc2ccc(Br)cc2F)n1. The van der Waals surface area contributed by atoms with Gasteiger partial charge >= 0.3 is 0 Å². The average Bonchev–Trinajstić information content (AvgIpc) is 2.50. The second-order valence-electron chi connectivity index (χ2n) is 3.13. The highest BCUT2D eigenvalue weighted by molar-refractivity contribution is 9.10. The minimum absolute atomic E-state index is 0.157. The summed E-state index contributed by atoms with van der Waals surface area (Å²) in [5, 5.41) is 3.93. The van der Waals surface area contributed by atoms with Gasteiger partial charge in [0, 0.05) is 10.0 Å². The molecule has 2 N–H and O–H groups in total. The van der Waals surface area contributed by atoms with Crippen LogP contribution in [0.3, 0.4) is 0 Å². The summed E-state index contributed by atoms with van der Waals surface area (Å²) in [6, 6.07) is 4.86. The van der Waals surface area contributed by atoms with Crippen molar-refractivity contribution in [1.82, 2.24) is 14.8 Å². The van der Waals surface area contributed by atoms with Gasteiger partial charge in [-0.2, -0.15) is 4.98 Å². The fraction of sp³-hybridized carbons (Fsp3) is 0.111. The lowest BCUT2D eigenvalue weighted by Crippen LogP contribution is -2.04. The molecule has 2 rings (SSSR count). The maximum atomic E-state index is 13.5. The molecule has 0 saturated heterocycles. The van der Waals surface area contributed by atoms with E-state index in [9.17, 15) is 4.39 Å². The molecule has 16 heavy (non-hydrogen) atoms. The first-order chi connectivity index (χ1) is 7.56. The minimum Gasteiger partial charge on any atom is -0.366 e. The Morgan fingerprint density at radius 1 is 1.38 bits per heavy atom. The quantitative estimate of drug-likeness (QED) is 0.906. The van der Waals surface area contributed by atoms with Crippen molar-refractivity contribution in [2.24, 2.45) is 0 Å². The summed E-state index contributed by atoms with van der Waals surface area (Å²) in [5.41, 5.74) is 5.94. The fourth-order valence-electron chi connectivity index (χ4n) is 1.25. The van der Waals surface area contributed by atoms with E-state index < -0.39 is 0 Å². The molecule has 0 fully saturated rings. The molecule has 7 heteroatoms. The summed E-state index contributed by atoms with van der Waals surface area (Å²) in [6.07, 6.45) is 0. The highest BCUT2D eigenvalue weighted by Crippen LogP contribution is 2.17. The van der Waals surface area contributed by atoms with Crippen LogP contribution in [0, 0.1) is 5.82 Å². The molecular weight excluding hydrogens is 343 g/mol. The molecule has 1 aromatic heterocycles. The number of nitrogens with zero attached hydrogens (tertiary/aromatic N) is 3. The van der Waals surface area contributed by atoms with Gasteiger partial charge in [0.05, 0.1) is 6.54 Å². The molecule has 2 aromatic rings. The van der Waals surface area contributed by atoms with Gasteiger partial charge in [0.15, 0.2) is 4.73 Å². The van der Waals surface area contributed by atoms with Crippen molar-refractivity contribution in [2.45, 2.75) is 6.54 Å². The monoisotopic (exact) mass is 348 g/mol. The molecule has 0 spiro atoms. The lowest BCUT2D eigenvalue weighted by Gasteiger charge is -2.04. The van der Waals surface area contributed by atoms with Crippen molar-refractivity contribution in [3.63, 3.8) is 0 Å². The predicted molar refractivity (Wildman–Crippen MR) is 65.3 cm³/mol. The van der Waals surface area contributed by atoms with Gasteiger partial charge in [-0.1, -0.05) is 22.0 Å². The van der Waals surface area contributed by atoms with Gasteiger partial charge in [-0.15, -0.1) is 5.10 Å². The van der Waals surface area contributed by atoms with Crippen molar-refractivity contribution in [3.05, 3.63) is 38.8 Å². The predicted octanol–water partition coefficient (Wildman–Crippen LogP) is 2.57. The van der Waals surface area contributed by atoms with Gasteiger partial charge in [0.1, 0.15) is 5.82 Å². The van der Waals surface area contributed by atoms with Gasteiger partial charge in [0.2, 0.25) is 5.95 Å². The molecule has 0 aliphatic heterocycles. The zero-order chi connectivity index (χ0) is 11.7. The maximum absolute atomic E-state index is 13.5. The Morgan fingerprint density at radius 3 is 2.69 bits per heavy atom. The lowest BCUT2D eigenvalue weighted by molar-refractivity contribution is 0.580. The molecule has 1 heterocycles. The van der Waals surface area contributed by atoms with Crippen molar-refractivity contribution in [2.75, 3.05) is 5.73 Å². The van der Waals surface area contributed by atoms with Crippen molar-refractivity contribution in [1.29, 1.82) is 0 Å². The van der Waals surface area contributed by atoms with Crippen LogP contribution < -0.4 is 5.73 Å². The standard InChI is InChI=1S/C9H7Br2FN4/c10-6-2-1-5(7(12)3-6)4-16-8(11)14-9(13)15-16/h1-3H,4H2,(H2,13,15). The van der Waals surface area contributed by atoms with Crippen molar-refractivity contribution >= 4 is 37.8 Å². The van der Waals surface area contributed by atoms with Gasteiger partial charge in [0.25, 0.3) is 0 Å². The number of anilines is 1. The molecule has 0 aliphatic carbocycles. The Hall–Kier alpha value is -0.950. The third-order valence-corrected chi connectivity index (χ3v) is 3.06. The first-order valence-corrected chi connectivity index (χ1v) is 5.94. The Bertz CT molecular complexity index is 526. The molecule has 0 bridgehead atoms. The normalized spacial score (nSPS) is 10.7. The third kappa shape index (κ3) is 2.41. The second kappa shape index (κ2) is 4.50. The van der Waals surface area contributed by atoms with Crippen LogP contribution in [0.4, 0.5) is 10.3 Å². The van der Waals surface area contributed by atoms with Crippen molar-refractivity contribution < 1.29 is 4.39 Å². The van der Waals surface area contributed by atoms with Crippen LogP contribution in [0.5, 0.6) is 0 Å². The third-order valence-electron chi connectivity index (χ3n) is 1.98. The van der Waals surface area contributed by atoms with Crippen LogP contribution in [0.1, 0.15) is 5.56 Å². The number of nitrogen functional groups attached to an aromatic ring is 1. The van der Waals surface area contributed by atoms with E-state index in [1.54, 1.807) is 12.1 Å². The Balaban J connectivity index is 2.30. The molecule has 0 radical (unpaired) electrons. The molecule has 0 aliphatic rings. The molecular formula is C9H7Br2FN4. The van der Waals surface area contributed by atoms with Gasteiger partial charge in [-0.05, 0) is 28.1 Å². The highest BCUT2D eigenvalue weighted by Gasteiger charge is 2.08. The van der Waals surface area contributed by atoms with Crippen LogP contribution in [0.2, 0.25) is 0 Å². The smallest absolute Gasteiger partial charge is 0.240 e. The highest BCUT2D eigenvalue weighted by atomic mass is 79.9. The minimum atomic E-state index is -0.296. The Morgan fingerprint density at radius 2 is 2.12 bits per heavy atom. The number of rotatable bonds is 2. The van der Waals surface area contributed by atoms with Gasteiger partial charge in [-0.3, -0.25) is 0 Å². The summed E-state index contributed by atoms with van der Waals surface area (Å²) < 4.78 is 16.2. The molecule has 0 saturated carbocycles. The molecule has 4 nitrogen and oxygen atoms in total. The first-order valence-electron chi connectivity index (χ1n) is 4.36. The zero-order valence-corrected chi connectivity index (χ0v) is 11.2. The summed E-state index contributed by atoms with van der Waals surface area (Å²) in [4.78, 5) is 3.87. The van der Waals surface area contributed by atoms with Crippen LogP contribution in [-0.4, -0.2) is 14.8 Å². The van der Waals surface area contributed by atoms with E-state index in [1.165, 1.54) is 10.7 Å². The molecule has 0 amide bonds. The van der Waals surface area contributed by atoms with Gasteiger partial charge < -0.3 is 5.73 Å². The Kier molecular flexibility index (Phi) is 3.25. The number of benzene rings is 1. The number of nitrogens with two attached hydrogens (primary N) is 1. The average molecular weight is 350 g/mol. The van der Waals surface area contributed by atoms with E-state index in [-0.39, 0.29) is 18.3 Å². The largest absolute Gasteiger partial charge is 0.366 e. The maximum Gasteiger partial charge on any atom is 0.240 e. The van der Waals surface area contributed by atoms with Crippen molar-refractivity contribution in [3.8, 4) is 0 Å². The number of aromatic nitrogens is 3. The summed E-state index contributed by atoms with van der Waals surface area (Å²) in [7, 11) is 0. The molecule has 84 valence electrons. The second-order valence-corrected chi connectivity index (χ2v) is 4.76. The van der Waals surface area contributed by atoms with Crippen LogP contribution in [0.15, 0.2) is 27.4 Å². The van der Waals surface area contributed by atoms with E-state index >= 15 is 0 Å². The van der Waals surface area contributed by atoms with E-state index in [1.807, 2.05) is 0 Å². The molecule has 0 atom stereocenters.